The molecule has 0 bridgehead atoms. The largest absolute Gasteiger partial charge is 0.497 e. The first-order valence-corrected chi connectivity index (χ1v) is 9.24. The van der Waals surface area contributed by atoms with Crippen molar-refractivity contribution in [3.8, 4) is 5.75 Å². The third kappa shape index (κ3) is 4.06. The van der Waals surface area contributed by atoms with Gasteiger partial charge in [-0.2, -0.15) is 4.31 Å². The second-order valence-corrected chi connectivity index (χ2v) is 7.68. The highest BCUT2D eigenvalue weighted by molar-refractivity contribution is 7.89. The summed E-state index contributed by atoms with van der Waals surface area (Å²) in [5.74, 6) is 0.191. The Kier molecular flexibility index (Phi) is 6.20. The smallest absolute Gasteiger partial charge is 0.243 e. The number of hydrogen-bond donors (Lipinski definition) is 1. The Morgan fingerprint density at radius 3 is 2.75 bits per heavy atom. The van der Waals surface area contributed by atoms with Crippen molar-refractivity contribution in [2.75, 3.05) is 34.4 Å². The lowest BCUT2D eigenvalue weighted by Crippen LogP contribution is -2.47. The van der Waals surface area contributed by atoms with E-state index in [0.717, 1.165) is 0 Å². The van der Waals surface area contributed by atoms with Crippen LogP contribution < -0.4 is 10.1 Å². The van der Waals surface area contributed by atoms with Crippen LogP contribution in [0.25, 0.3) is 0 Å². The molecule has 2 atom stereocenters. The van der Waals surface area contributed by atoms with Gasteiger partial charge in [-0.05, 0) is 18.6 Å². The van der Waals surface area contributed by atoms with Gasteiger partial charge < -0.3 is 14.8 Å². The van der Waals surface area contributed by atoms with E-state index in [-0.39, 0.29) is 35.8 Å². The number of nitrogens with one attached hydrogen (secondary N) is 1. The molecule has 1 aromatic carbocycles. The Bertz CT molecular complexity index is 677. The van der Waals surface area contributed by atoms with Crippen LogP contribution in [-0.4, -0.2) is 59.1 Å². The van der Waals surface area contributed by atoms with E-state index in [1.54, 1.807) is 32.4 Å². The number of piperidine rings is 1. The second-order valence-electron chi connectivity index (χ2n) is 5.74. The molecule has 1 N–H and O–H groups in total. The molecule has 0 spiro atoms. The third-order valence-electron chi connectivity index (χ3n) is 4.34. The molecular weight excluding hydrogens is 332 g/mol. The Hall–Kier alpha value is -1.64. The summed E-state index contributed by atoms with van der Waals surface area (Å²) >= 11 is 0. The molecule has 1 aliphatic rings. The van der Waals surface area contributed by atoms with E-state index in [2.05, 4.69) is 5.32 Å². The summed E-state index contributed by atoms with van der Waals surface area (Å²) in [6.45, 7) is 0.619. The van der Waals surface area contributed by atoms with Crippen LogP contribution in [0, 0.1) is 5.92 Å². The van der Waals surface area contributed by atoms with E-state index in [1.165, 1.54) is 17.5 Å². The molecule has 0 unspecified atom stereocenters. The molecule has 0 radical (unpaired) electrons. The van der Waals surface area contributed by atoms with Gasteiger partial charge in [-0.25, -0.2) is 8.42 Å². The standard InChI is InChI=1S/C16H24N2O5S/c1-17-16(19)9-12-11-18(8-7-15(12)23-3)24(20,21)14-6-4-5-13(10-14)22-2/h4-6,10,12,15H,7-9,11H2,1-3H3,(H,17,19)/t12-,15-/m1/s1. The lowest BCUT2D eigenvalue weighted by molar-refractivity contribution is -0.123. The Balaban J connectivity index is 2.22. The number of carbonyl (C=O) groups is 1. The summed E-state index contributed by atoms with van der Waals surface area (Å²) < 4.78 is 37.7. The van der Waals surface area contributed by atoms with Gasteiger partial charge in [0.25, 0.3) is 0 Å². The van der Waals surface area contributed by atoms with Crippen LogP contribution in [0.1, 0.15) is 12.8 Å². The molecule has 1 aliphatic heterocycles. The zero-order chi connectivity index (χ0) is 17.7. The van der Waals surface area contributed by atoms with Gasteiger partial charge >= 0.3 is 0 Å². The zero-order valence-corrected chi connectivity index (χ0v) is 15.0. The highest BCUT2D eigenvalue weighted by Crippen LogP contribution is 2.28. The maximum atomic E-state index is 12.9. The van der Waals surface area contributed by atoms with Crippen LogP contribution in [0.15, 0.2) is 29.2 Å². The number of amides is 1. The van der Waals surface area contributed by atoms with Crippen LogP contribution in [0.2, 0.25) is 0 Å². The van der Waals surface area contributed by atoms with Crippen molar-refractivity contribution in [1.29, 1.82) is 0 Å². The molecule has 2 rings (SSSR count). The predicted molar refractivity (Wildman–Crippen MR) is 89.3 cm³/mol. The number of carbonyl (C=O) groups excluding carboxylic acids is 1. The van der Waals surface area contributed by atoms with Crippen LogP contribution in [-0.2, 0) is 19.6 Å². The van der Waals surface area contributed by atoms with Gasteiger partial charge in [-0.1, -0.05) is 6.07 Å². The van der Waals surface area contributed by atoms with Crippen LogP contribution in [0.3, 0.4) is 0 Å². The summed E-state index contributed by atoms with van der Waals surface area (Å²) in [5.41, 5.74) is 0. The molecule has 1 aromatic rings. The fraction of sp³-hybridized carbons (Fsp3) is 0.562. The first-order valence-electron chi connectivity index (χ1n) is 7.80. The van der Waals surface area contributed by atoms with Gasteiger partial charge in [0.05, 0.1) is 18.1 Å². The average Bonchev–Trinajstić information content (AvgIpc) is 2.61. The fourth-order valence-corrected chi connectivity index (χ4v) is 4.50. The molecule has 8 heteroatoms. The van der Waals surface area contributed by atoms with Crippen LogP contribution in [0.5, 0.6) is 5.75 Å². The van der Waals surface area contributed by atoms with Crippen molar-refractivity contribution in [1.82, 2.24) is 9.62 Å². The summed E-state index contributed by atoms with van der Waals surface area (Å²) in [7, 11) is 1.02. The number of ether oxygens (including phenoxy) is 2. The summed E-state index contributed by atoms with van der Waals surface area (Å²) in [6.07, 6.45) is 0.666. The van der Waals surface area contributed by atoms with E-state index in [1.807, 2.05) is 0 Å². The summed E-state index contributed by atoms with van der Waals surface area (Å²) in [5, 5.41) is 2.58. The second kappa shape index (κ2) is 7.96. The van der Waals surface area contributed by atoms with Crippen molar-refractivity contribution >= 4 is 15.9 Å². The van der Waals surface area contributed by atoms with Crippen molar-refractivity contribution < 1.29 is 22.7 Å². The van der Waals surface area contributed by atoms with Gasteiger partial charge in [0.1, 0.15) is 5.75 Å². The number of sulfonamides is 1. The summed E-state index contributed by atoms with van der Waals surface area (Å²) in [6, 6.07) is 6.40. The lowest BCUT2D eigenvalue weighted by Gasteiger charge is -2.36. The topological polar surface area (TPSA) is 84.9 Å². The Morgan fingerprint density at radius 2 is 2.12 bits per heavy atom. The van der Waals surface area contributed by atoms with Gasteiger partial charge in [0, 0.05) is 45.7 Å². The molecule has 0 saturated carbocycles. The molecule has 0 aromatic heterocycles. The fourth-order valence-electron chi connectivity index (χ4n) is 2.95. The maximum Gasteiger partial charge on any atom is 0.243 e. The lowest BCUT2D eigenvalue weighted by atomic mass is 9.92. The molecule has 0 aliphatic carbocycles. The predicted octanol–water partition coefficient (Wildman–Crippen LogP) is 0.857. The average molecular weight is 356 g/mol. The van der Waals surface area contributed by atoms with Crippen LogP contribution in [0.4, 0.5) is 0 Å². The highest BCUT2D eigenvalue weighted by atomic mass is 32.2. The molecule has 7 nitrogen and oxygen atoms in total. The molecule has 24 heavy (non-hydrogen) atoms. The van der Waals surface area contributed by atoms with Crippen molar-refractivity contribution in [2.24, 2.45) is 5.92 Å². The molecule has 134 valence electrons. The number of rotatable bonds is 6. The minimum atomic E-state index is -3.64. The first kappa shape index (κ1) is 18.7. The van der Waals surface area contributed by atoms with E-state index < -0.39 is 10.0 Å². The molecule has 1 fully saturated rings. The van der Waals surface area contributed by atoms with Gasteiger partial charge in [-0.15, -0.1) is 0 Å². The van der Waals surface area contributed by atoms with E-state index >= 15 is 0 Å². The molecular formula is C16H24N2O5S. The zero-order valence-electron chi connectivity index (χ0n) is 14.2. The van der Waals surface area contributed by atoms with Gasteiger partial charge in [0.2, 0.25) is 15.9 Å². The number of nitrogens with zero attached hydrogens (tertiary/aromatic N) is 1. The molecule has 1 heterocycles. The normalized spacial score (nSPS) is 22.1. The maximum absolute atomic E-state index is 12.9. The minimum Gasteiger partial charge on any atom is -0.497 e. The number of methoxy groups -OCH3 is 2. The van der Waals surface area contributed by atoms with Crippen molar-refractivity contribution in [2.45, 2.75) is 23.8 Å². The highest BCUT2D eigenvalue weighted by Gasteiger charge is 2.36. The summed E-state index contributed by atoms with van der Waals surface area (Å²) in [4.78, 5) is 11.9. The number of benzene rings is 1. The third-order valence-corrected chi connectivity index (χ3v) is 6.20. The first-order chi connectivity index (χ1) is 11.4. The van der Waals surface area contributed by atoms with Gasteiger partial charge in [0.15, 0.2) is 0 Å². The quantitative estimate of drug-likeness (QED) is 0.817. The number of hydrogen-bond acceptors (Lipinski definition) is 5. The van der Waals surface area contributed by atoms with Gasteiger partial charge in [-0.3, -0.25) is 4.79 Å². The van der Waals surface area contributed by atoms with E-state index in [9.17, 15) is 13.2 Å². The minimum absolute atomic E-state index is 0.123. The van der Waals surface area contributed by atoms with Crippen molar-refractivity contribution in [3.63, 3.8) is 0 Å². The SMILES string of the molecule is CNC(=O)C[C@@H]1CN(S(=O)(=O)c2cccc(OC)c2)CC[C@H]1OC. The van der Waals surface area contributed by atoms with E-state index in [0.29, 0.717) is 18.7 Å². The van der Waals surface area contributed by atoms with Crippen molar-refractivity contribution in [3.05, 3.63) is 24.3 Å². The van der Waals surface area contributed by atoms with E-state index in [4.69, 9.17) is 9.47 Å². The monoisotopic (exact) mass is 356 g/mol. The van der Waals surface area contributed by atoms with Crippen LogP contribution >= 0.6 is 0 Å². The Labute approximate surface area is 143 Å². The Morgan fingerprint density at radius 1 is 1.38 bits per heavy atom. The molecule has 1 amide bonds. The molecule has 1 saturated heterocycles.